The van der Waals surface area contributed by atoms with Crippen molar-refractivity contribution in [3.8, 4) is 17.1 Å². The Hall–Kier alpha value is -3.42. The third-order valence-corrected chi connectivity index (χ3v) is 10.9. The van der Waals surface area contributed by atoms with Crippen LogP contribution in [-0.4, -0.2) is 82.5 Å². The molecule has 0 radical (unpaired) electrons. The molecule has 8 rings (SSSR count). The SMILES string of the molecule is Nc1cc2c(c(Cl)c1F)CCCCC(=O)NCCC1(O)CCCN(C1)c1nc(OC[C@@]34CCCN3C[C@H](F)C4)nc3c(F)c-2c(F)cc13. The minimum absolute atomic E-state index is 0.0169. The number of alkyl halides is 1. The highest BCUT2D eigenvalue weighted by Crippen LogP contribution is 2.43. The van der Waals surface area contributed by atoms with E-state index >= 15 is 8.78 Å². The lowest BCUT2D eigenvalue weighted by Crippen LogP contribution is -2.50. The van der Waals surface area contributed by atoms with Gasteiger partial charge in [-0.2, -0.15) is 9.97 Å². The van der Waals surface area contributed by atoms with Gasteiger partial charge in [-0.05, 0) is 81.2 Å². The minimum atomic E-state index is -1.20. The van der Waals surface area contributed by atoms with Crippen molar-refractivity contribution in [1.82, 2.24) is 20.2 Å². The van der Waals surface area contributed by atoms with Crippen LogP contribution >= 0.6 is 11.6 Å². The number of hydrogen-bond acceptors (Lipinski definition) is 8. The lowest BCUT2D eigenvalue weighted by molar-refractivity contribution is -0.121. The van der Waals surface area contributed by atoms with E-state index in [0.29, 0.717) is 45.2 Å². The first-order valence-corrected chi connectivity index (χ1v) is 17.1. The molecule has 2 aromatic carbocycles. The van der Waals surface area contributed by atoms with Crippen molar-refractivity contribution in [2.24, 2.45) is 0 Å². The predicted molar refractivity (Wildman–Crippen MR) is 174 cm³/mol. The van der Waals surface area contributed by atoms with Crippen molar-refractivity contribution in [2.75, 3.05) is 50.0 Å². The Morgan fingerprint density at radius 3 is 2.69 bits per heavy atom. The van der Waals surface area contributed by atoms with Crippen LogP contribution in [0.15, 0.2) is 12.1 Å². The lowest BCUT2D eigenvalue weighted by Gasteiger charge is -2.40. The van der Waals surface area contributed by atoms with Crippen LogP contribution in [0.25, 0.3) is 22.0 Å². The van der Waals surface area contributed by atoms with Gasteiger partial charge in [-0.3, -0.25) is 9.69 Å². The Morgan fingerprint density at radius 1 is 1.06 bits per heavy atom. The summed E-state index contributed by atoms with van der Waals surface area (Å²) in [6.07, 6.45) is 3.34. The number of carbonyl (C=O) groups is 1. The Kier molecular flexibility index (Phi) is 8.82. The zero-order valence-corrected chi connectivity index (χ0v) is 27.3. The number of nitrogens with zero attached hydrogens (tertiary/aromatic N) is 4. The van der Waals surface area contributed by atoms with Crippen LogP contribution in [0.4, 0.5) is 29.1 Å². The molecular formula is C34H39ClF4N6O3. The van der Waals surface area contributed by atoms with Crippen molar-refractivity contribution in [3.63, 3.8) is 0 Å². The molecule has 6 heterocycles. The average Bonchev–Trinajstić information content (AvgIpc) is 3.57. The van der Waals surface area contributed by atoms with E-state index < -0.39 is 40.3 Å². The van der Waals surface area contributed by atoms with E-state index in [-0.39, 0.29) is 89.4 Å². The molecule has 5 aliphatic rings. The van der Waals surface area contributed by atoms with Gasteiger partial charge in [0.1, 0.15) is 29.9 Å². The highest BCUT2D eigenvalue weighted by Gasteiger charge is 2.49. The fraction of sp³-hybridized carbons (Fsp3) is 0.559. The molecule has 0 aliphatic carbocycles. The second-order valence-corrected chi connectivity index (χ2v) is 14.2. The number of aliphatic hydroxyl groups is 1. The molecule has 3 aromatic rings. The van der Waals surface area contributed by atoms with Gasteiger partial charge < -0.3 is 25.8 Å². The van der Waals surface area contributed by atoms with Gasteiger partial charge in [0.15, 0.2) is 11.6 Å². The highest BCUT2D eigenvalue weighted by molar-refractivity contribution is 6.32. The fourth-order valence-electron chi connectivity index (χ4n) is 8.12. The first-order valence-electron chi connectivity index (χ1n) is 16.7. The van der Waals surface area contributed by atoms with E-state index in [1.54, 1.807) is 4.90 Å². The summed E-state index contributed by atoms with van der Waals surface area (Å²) in [5.41, 5.74) is 3.26. The van der Waals surface area contributed by atoms with E-state index in [9.17, 15) is 18.7 Å². The van der Waals surface area contributed by atoms with Crippen LogP contribution in [0, 0.1) is 17.5 Å². The number of aromatic nitrogens is 2. The summed E-state index contributed by atoms with van der Waals surface area (Å²) in [4.78, 5) is 25.5. The molecule has 6 bridgehead atoms. The van der Waals surface area contributed by atoms with Crippen molar-refractivity contribution in [1.29, 1.82) is 0 Å². The molecule has 3 saturated heterocycles. The van der Waals surface area contributed by atoms with Gasteiger partial charge in [-0.15, -0.1) is 0 Å². The Morgan fingerprint density at radius 2 is 1.85 bits per heavy atom. The molecule has 3 fully saturated rings. The summed E-state index contributed by atoms with van der Waals surface area (Å²) in [6.45, 7) is 1.93. The molecule has 14 heteroatoms. The number of rotatable bonds is 3. The van der Waals surface area contributed by atoms with Gasteiger partial charge in [0.25, 0.3) is 0 Å². The summed E-state index contributed by atoms with van der Waals surface area (Å²) in [6, 6.07) is 2.15. The number of carbonyl (C=O) groups excluding carboxylic acids is 1. The Balaban J connectivity index is 1.39. The monoisotopic (exact) mass is 690 g/mol. The molecule has 258 valence electrons. The number of hydrogen-bond donors (Lipinski definition) is 3. The van der Waals surface area contributed by atoms with E-state index in [4.69, 9.17) is 22.1 Å². The third-order valence-electron chi connectivity index (χ3n) is 10.5. The number of benzene rings is 2. The molecule has 9 nitrogen and oxygen atoms in total. The number of ether oxygens (including phenoxy) is 1. The molecule has 1 unspecified atom stereocenters. The Labute approximate surface area is 280 Å². The van der Waals surface area contributed by atoms with Crippen LogP contribution in [0.5, 0.6) is 6.01 Å². The molecule has 1 amide bonds. The smallest absolute Gasteiger partial charge is 0.319 e. The number of nitrogen functional groups attached to an aromatic ring is 1. The van der Waals surface area contributed by atoms with Crippen LogP contribution < -0.4 is 20.7 Å². The maximum absolute atomic E-state index is 16.9. The largest absolute Gasteiger partial charge is 0.461 e. The van der Waals surface area contributed by atoms with Crippen molar-refractivity contribution >= 4 is 39.9 Å². The van der Waals surface area contributed by atoms with Gasteiger partial charge in [-0.1, -0.05) is 11.6 Å². The number of halogens is 5. The molecule has 0 saturated carbocycles. The quantitative estimate of drug-likeness (QED) is 0.245. The maximum Gasteiger partial charge on any atom is 0.319 e. The number of nitrogens with two attached hydrogens (primary N) is 1. The normalized spacial score (nSPS) is 26.8. The molecule has 4 N–H and O–H groups in total. The number of fused-ring (bicyclic) bond motifs is 9. The summed E-state index contributed by atoms with van der Waals surface area (Å²) in [5, 5.41) is 14.2. The first kappa shape index (κ1) is 33.1. The second kappa shape index (κ2) is 12.8. The van der Waals surface area contributed by atoms with Crippen molar-refractivity contribution in [3.05, 3.63) is 40.2 Å². The van der Waals surface area contributed by atoms with Gasteiger partial charge in [0.2, 0.25) is 5.91 Å². The molecule has 1 aromatic heterocycles. The number of nitrogens with one attached hydrogen (secondary N) is 1. The first-order chi connectivity index (χ1) is 23.0. The van der Waals surface area contributed by atoms with Crippen LogP contribution in [0.1, 0.15) is 63.4 Å². The van der Waals surface area contributed by atoms with Gasteiger partial charge in [0.05, 0.1) is 27.4 Å². The lowest BCUT2D eigenvalue weighted by atomic mass is 9.89. The third kappa shape index (κ3) is 6.02. The summed E-state index contributed by atoms with van der Waals surface area (Å²) in [5.74, 6) is -2.89. The molecule has 3 atom stereocenters. The highest BCUT2D eigenvalue weighted by atomic mass is 35.5. The maximum atomic E-state index is 16.9. The minimum Gasteiger partial charge on any atom is -0.461 e. The van der Waals surface area contributed by atoms with Gasteiger partial charge in [0, 0.05) is 44.4 Å². The number of anilines is 2. The Bertz CT molecular complexity index is 1770. The molecule has 48 heavy (non-hydrogen) atoms. The van der Waals surface area contributed by atoms with Crippen LogP contribution in [0.2, 0.25) is 5.02 Å². The van der Waals surface area contributed by atoms with Crippen LogP contribution in [-0.2, 0) is 11.2 Å². The molecule has 0 spiro atoms. The van der Waals surface area contributed by atoms with E-state index in [1.165, 1.54) is 6.07 Å². The van der Waals surface area contributed by atoms with Gasteiger partial charge in [-0.25, -0.2) is 17.6 Å². The van der Waals surface area contributed by atoms with E-state index in [1.807, 2.05) is 0 Å². The van der Waals surface area contributed by atoms with Crippen LogP contribution in [0.3, 0.4) is 0 Å². The molecular weight excluding hydrogens is 652 g/mol. The van der Waals surface area contributed by atoms with E-state index in [0.717, 1.165) is 25.5 Å². The predicted octanol–water partition coefficient (Wildman–Crippen LogP) is 5.47. The molecule has 5 aliphatic heterocycles. The zero-order chi connectivity index (χ0) is 33.8. The summed E-state index contributed by atoms with van der Waals surface area (Å²) in [7, 11) is 0. The second-order valence-electron chi connectivity index (χ2n) is 13.8. The van der Waals surface area contributed by atoms with Crippen molar-refractivity contribution < 1.29 is 32.2 Å². The summed E-state index contributed by atoms with van der Waals surface area (Å²) >= 11 is 6.41. The van der Waals surface area contributed by atoms with Gasteiger partial charge >= 0.3 is 6.01 Å². The number of piperidine rings is 1. The summed E-state index contributed by atoms with van der Waals surface area (Å²) < 4.78 is 68.7. The van der Waals surface area contributed by atoms with Crippen molar-refractivity contribution in [2.45, 2.75) is 81.5 Å². The topological polar surface area (TPSA) is 117 Å². The standard InChI is InChI=1S/C34H39ClF4N6O3/c35-27-20-5-1-2-6-25(46)41-10-9-34(47)8-4-11-44(17-34)31-22-13-23(37)26(21(20)14-24(40)28(27)38)29(39)30(22)42-32(43-31)48-18-33-7-3-12-45(33)16-19(36)15-33/h13-14,19,47H,1-12,15-18,40H2,(H,41,46)/t19-,33+,34?/m1/s1. The van der Waals surface area contributed by atoms with E-state index in [2.05, 4.69) is 20.2 Å². The fourth-order valence-corrected chi connectivity index (χ4v) is 8.42. The number of amides is 1. The zero-order valence-electron chi connectivity index (χ0n) is 26.6. The average molecular weight is 691 g/mol.